The molecule has 0 heteroatoms. The lowest BCUT2D eigenvalue weighted by Crippen LogP contribution is -2.11. The van der Waals surface area contributed by atoms with E-state index in [1.807, 2.05) is 0 Å². The molecule has 0 aliphatic rings. The van der Waals surface area contributed by atoms with Crippen molar-refractivity contribution in [1.82, 2.24) is 0 Å². The molecular formula is C44H46. The van der Waals surface area contributed by atoms with Gasteiger partial charge in [0.05, 0.1) is 0 Å². The van der Waals surface area contributed by atoms with Crippen LogP contribution in [-0.4, -0.2) is 0 Å². The van der Waals surface area contributed by atoms with Crippen molar-refractivity contribution in [1.29, 1.82) is 0 Å². The summed E-state index contributed by atoms with van der Waals surface area (Å²) in [6.07, 6.45) is 0. The number of rotatable bonds is 3. The van der Waals surface area contributed by atoms with E-state index in [0.717, 1.165) is 0 Å². The molecule has 6 aromatic carbocycles. The van der Waals surface area contributed by atoms with E-state index in [2.05, 4.69) is 166 Å². The second-order valence-electron chi connectivity index (χ2n) is 14.8. The molecule has 0 atom stereocenters. The van der Waals surface area contributed by atoms with Crippen LogP contribution >= 0.6 is 0 Å². The van der Waals surface area contributed by atoms with E-state index in [1.54, 1.807) is 0 Å². The Kier molecular flexibility index (Phi) is 7.32. The zero-order valence-electron chi connectivity index (χ0n) is 28.2. The molecule has 0 spiro atoms. The third-order valence-corrected chi connectivity index (χ3v) is 9.66. The average molecular weight is 575 g/mol. The standard InChI is InChI=1S/C44H46/c1-27-19-21-33(43(5,6)7)25-37(27)39-23-31-15-11-13-17-35(31)41(29(39)3)42-30(4)40(24-32-16-12-14-18-36(32)42)38-26-34(44(8,9)10)22-20-28(38)2/h11-26H,1-10H3. The number of aryl methyl sites for hydroxylation is 2. The highest BCUT2D eigenvalue weighted by molar-refractivity contribution is 6.11. The van der Waals surface area contributed by atoms with Gasteiger partial charge in [0.1, 0.15) is 0 Å². The van der Waals surface area contributed by atoms with Gasteiger partial charge in [0.2, 0.25) is 0 Å². The van der Waals surface area contributed by atoms with Crippen molar-refractivity contribution in [2.75, 3.05) is 0 Å². The fraction of sp³-hybridized carbons (Fsp3) is 0.273. The summed E-state index contributed by atoms with van der Waals surface area (Å²) in [4.78, 5) is 0. The molecule has 0 nitrogen and oxygen atoms in total. The van der Waals surface area contributed by atoms with Gasteiger partial charge in [-0.05, 0) is 139 Å². The smallest absolute Gasteiger partial charge is 0.00608 e. The van der Waals surface area contributed by atoms with Gasteiger partial charge in [-0.15, -0.1) is 0 Å². The van der Waals surface area contributed by atoms with Gasteiger partial charge in [0.25, 0.3) is 0 Å². The molecule has 0 radical (unpaired) electrons. The Morgan fingerprint density at radius 2 is 0.750 bits per heavy atom. The van der Waals surface area contributed by atoms with Gasteiger partial charge in [-0.2, -0.15) is 0 Å². The van der Waals surface area contributed by atoms with E-state index in [1.165, 1.54) is 88.3 Å². The van der Waals surface area contributed by atoms with Crippen LogP contribution in [0.25, 0.3) is 54.9 Å². The molecule has 222 valence electrons. The van der Waals surface area contributed by atoms with E-state index < -0.39 is 0 Å². The summed E-state index contributed by atoms with van der Waals surface area (Å²) in [6, 6.07) is 36.8. The summed E-state index contributed by atoms with van der Waals surface area (Å²) >= 11 is 0. The number of hydrogen-bond donors (Lipinski definition) is 0. The van der Waals surface area contributed by atoms with Gasteiger partial charge in [0.15, 0.2) is 0 Å². The van der Waals surface area contributed by atoms with Crippen molar-refractivity contribution >= 4 is 21.5 Å². The fourth-order valence-electron chi connectivity index (χ4n) is 6.86. The summed E-state index contributed by atoms with van der Waals surface area (Å²) in [7, 11) is 0. The summed E-state index contributed by atoms with van der Waals surface area (Å²) < 4.78 is 0. The predicted octanol–water partition coefficient (Wildman–Crippen LogP) is 12.8. The van der Waals surface area contributed by atoms with E-state index >= 15 is 0 Å². The fourth-order valence-corrected chi connectivity index (χ4v) is 6.86. The topological polar surface area (TPSA) is 0 Å². The second kappa shape index (κ2) is 10.8. The molecule has 0 heterocycles. The molecule has 0 amide bonds. The highest BCUT2D eigenvalue weighted by atomic mass is 14.3. The maximum atomic E-state index is 2.43. The zero-order chi connectivity index (χ0) is 31.6. The molecule has 0 aliphatic heterocycles. The lowest BCUT2D eigenvalue weighted by atomic mass is 9.79. The lowest BCUT2D eigenvalue weighted by molar-refractivity contribution is 0.590. The Bertz CT molecular complexity index is 1900. The third-order valence-electron chi connectivity index (χ3n) is 9.66. The quantitative estimate of drug-likeness (QED) is 0.197. The van der Waals surface area contributed by atoms with Crippen molar-refractivity contribution in [2.45, 2.75) is 80.1 Å². The number of fused-ring (bicyclic) bond motifs is 2. The van der Waals surface area contributed by atoms with E-state index in [4.69, 9.17) is 0 Å². The van der Waals surface area contributed by atoms with Crippen molar-refractivity contribution in [3.05, 3.63) is 130 Å². The molecule has 6 rings (SSSR count). The molecule has 44 heavy (non-hydrogen) atoms. The zero-order valence-corrected chi connectivity index (χ0v) is 28.2. The molecule has 0 unspecified atom stereocenters. The summed E-state index contributed by atoms with van der Waals surface area (Å²) in [5.41, 5.74) is 16.2. The monoisotopic (exact) mass is 574 g/mol. The first kappa shape index (κ1) is 29.9. The molecule has 0 aromatic heterocycles. The summed E-state index contributed by atoms with van der Waals surface area (Å²) in [5, 5.41) is 5.18. The first-order chi connectivity index (χ1) is 20.8. The van der Waals surface area contributed by atoms with Crippen molar-refractivity contribution in [3.8, 4) is 33.4 Å². The Morgan fingerprint density at radius 1 is 0.386 bits per heavy atom. The number of hydrogen-bond acceptors (Lipinski definition) is 0. The normalized spacial score (nSPS) is 12.3. The average Bonchev–Trinajstić information content (AvgIpc) is 2.97. The minimum Gasteiger partial charge on any atom is -0.0616 e. The molecule has 0 N–H and O–H groups in total. The minimum absolute atomic E-state index is 0.0800. The highest BCUT2D eigenvalue weighted by Gasteiger charge is 2.23. The summed E-state index contributed by atoms with van der Waals surface area (Å²) in [6.45, 7) is 23.0. The van der Waals surface area contributed by atoms with Crippen LogP contribution in [0.1, 0.15) is 74.9 Å². The van der Waals surface area contributed by atoms with Gasteiger partial charge in [-0.3, -0.25) is 0 Å². The van der Waals surface area contributed by atoms with Crippen molar-refractivity contribution in [3.63, 3.8) is 0 Å². The molecule has 0 saturated heterocycles. The molecule has 0 aliphatic carbocycles. The van der Waals surface area contributed by atoms with Gasteiger partial charge >= 0.3 is 0 Å². The van der Waals surface area contributed by atoms with Gasteiger partial charge in [0, 0.05) is 0 Å². The third kappa shape index (κ3) is 5.15. The molecule has 0 fully saturated rings. The van der Waals surface area contributed by atoms with Crippen molar-refractivity contribution in [2.24, 2.45) is 0 Å². The minimum atomic E-state index is 0.0800. The van der Waals surface area contributed by atoms with Crippen molar-refractivity contribution < 1.29 is 0 Å². The van der Waals surface area contributed by atoms with Gasteiger partial charge in [-0.1, -0.05) is 126 Å². The Hall–Kier alpha value is -4.16. The van der Waals surface area contributed by atoms with Crippen LogP contribution in [0.2, 0.25) is 0 Å². The van der Waals surface area contributed by atoms with Crippen LogP contribution in [0.5, 0.6) is 0 Å². The van der Waals surface area contributed by atoms with E-state index in [9.17, 15) is 0 Å². The maximum absolute atomic E-state index is 2.43. The van der Waals surface area contributed by atoms with Crippen LogP contribution < -0.4 is 0 Å². The Morgan fingerprint density at radius 3 is 1.11 bits per heavy atom. The highest BCUT2D eigenvalue weighted by Crippen LogP contribution is 2.46. The van der Waals surface area contributed by atoms with Gasteiger partial charge < -0.3 is 0 Å². The first-order valence-corrected chi connectivity index (χ1v) is 16.0. The van der Waals surface area contributed by atoms with Crippen LogP contribution in [-0.2, 0) is 10.8 Å². The molecule has 0 bridgehead atoms. The second-order valence-corrected chi connectivity index (χ2v) is 14.8. The Balaban J connectivity index is 1.74. The number of benzene rings is 6. The summed E-state index contributed by atoms with van der Waals surface area (Å²) in [5.74, 6) is 0. The lowest BCUT2D eigenvalue weighted by Gasteiger charge is -2.25. The SMILES string of the molecule is Cc1ccc(C(C)(C)C)cc1-c1cc2ccccc2c(-c2c(C)c(-c3cc(C(C)(C)C)ccc3C)cc3ccccc23)c1C. The molecule has 0 saturated carbocycles. The van der Waals surface area contributed by atoms with Crippen LogP contribution in [0.15, 0.2) is 97.1 Å². The van der Waals surface area contributed by atoms with E-state index in [-0.39, 0.29) is 10.8 Å². The Labute approximate surface area is 264 Å². The molecule has 6 aromatic rings. The largest absolute Gasteiger partial charge is 0.0616 e. The predicted molar refractivity (Wildman–Crippen MR) is 194 cm³/mol. The van der Waals surface area contributed by atoms with E-state index in [0.29, 0.717) is 0 Å². The van der Waals surface area contributed by atoms with Crippen LogP contribution in [0, 0.1) is 27.7 Å². The van der Waals surface area contributed by atoms with Crippen LogP contribution in [0.4, 0.5) is 0 Å². The molecular weight excluding hydrogens is 528 g/mol. The maximum Gasteiger partial charge on any atom is -0.00608 e. The van der Waals surface area contributed by atoms with Gasteiger partial charge in [-0.25, -0.2) is 0 Å². The van der Waals surface area contributed by atoms with Crippen LogP contribution in [0.3, 0.4) is 0 Å². The first-order valence-electron chi connectivity index (χ1n) is 16.0.